The molecule has 2 saturated heterocycles. The largest absolute Gasteiger partial charge is 0.390 e. The summed E-state index contributed by atoms with van der Waals surface area (Å²) < 4.78 is 19.8. The van der Waals surface area contributed by atoms with Crippen molar-refractivity contribution in [1.29, 1.82) is 0 Å². The van der Waals surface area contributed by atoms with E-state index in [4.69, 9.17) is 14.2 Å². The molecule has 2 heterocycles. The number of hydrogen-bond donors (Lipinski definition) is 1. The Morgan fingerprint density at radius 2 is 1.68 bits per heavy atom. The highest BCUT2D eigenvalue weighted by molar-refractivity contribution is 5.77. The number of rotatable bonds is 6. The van der Waals surface area contributed by atoms with Gasteiger partial charge < -0.3 is 29.1 Å². The smallest absolute Gasteiger partial charge is 0.224 e. The maximum absolute atomic E-state index is 12.9. The van der Waals surface area contributed by atoms with Gasteiger partial charge in [0.05, 0.1) is 44.0 Å². The molecular weight excluding hydrogens is 592 g/mol. The molecular formula is C39H62N2O6. The minimum absolute atomic E-state index is 0.0180. The number of carbonyl (C=O) groups excluding carboxylic acids is 2. The van der Waals surface area contributed by atoms with E-state index >= 15 is 0 Å². The van der Waals surface area contributed by atoms with Crippen LogP contribution in [0.3, 0.4) is 0 Å². The number of morpholine rings is 1. The molecule has 8 fully saturated rings. The van der Waals surface area contributed by atoms with E-state index in [9.17, 15) is 14.7 Å². The summed E-state index contributed by atoms with van der Waals surface area (Å²) in [4.78, 5) is 29.2. The van der Waals surface area contributed by atoms with Crippen LogP contribution in [0.4, 0.5) is 0 Å². The van der Waals surface area contributed by atoms with Gasteiger partial charge >= 0.3 is 0 Å². The molecule has 264 valence electrons. The van der Waals surface area contributed by atoms with Gasteiger partial charge in [-0.15, -0.1) is 0 Å². The van der Waals surface area contributed by atoms with Crippen LogP contribution in [0.5, 0.6) is 0 Å². The third-order valence-corrected chi connectivity index (χ3v) is 16.6. The van der Waals surface area contributed by atoms with Crippen LogP contribution < -0.4 is 0 Å². The van der Waals surface area contributed by atoms with Crippen LogP contribution in [0.2, 0.25) is 0 Å². The Kier molecular flexibility index (Phi) is 7.64. The van der Waals surface area contributed by atoms with Crippen LogP contribution in [0.1, 0.15) is 112 Å². The first kappa shape index (κ1) is 33.0. The van der Waals surface area contributed by atoms with E-state index in [0.717, 1.165) is 25.7 Å². The Balaban J connectivity index is 0.995. The SMILES string of the molecule is C[C@@H]1CC(CC(=O)N(C)C)OC2[C@H]1C1(C)CCC34CC35CCC(O[C@H]3CN(C(=O)CC6CC6)CCO3)C(C)(C)[C@@H]5CCC4[C@]1(C)[C@H]2O. The Bertz CT molecular complexity index is 1280. The second-order valence-corrected chi connectivity index (χ2v) is 19.0. The highest BCUT2D eigenvalue weighted by atomic mass is 16.7. The van der Waals surface area contributed by atoms with Crippen molar-refractivity contribution in [1.82, 2.24) is 9.80 Å². The average molecular weight is 655 g/mol. The molecule has 1 N–H and O–H groups in total. The zero-order valence-electron chi connectivity index (χ0n) is 30.3. The third-order valence-electron chi connectivity index (χ3n) is 16.6. The highest BCUT2D eigenvalue weighted by Crippen LogP contribution is 2.89. The Morgan fingerprint density at radius 3 is 2.40 bits per heavy atom. The van der Waals surface area contributed by atoms with Gasteiger partial charge in [-0.2, -0.15) is 0 Å². The van der Waals surface area contributed by atoms with Gasteiger partial charge in [0.15, 0.2) is 6.29 Å². The molecule has 2 aliphatic heterocycles. The van der Waals surface area contributed by atoms with Crippen molar-refractivity contribution >= 4 is 11.8 Å². The van der Waals surface area contributed by atoms with Crippen molar-refractivity contribution in [3.63, 3.8) is 0 Å². The maximum Gasteiger partial charge on any atom is 0.224 e. The molecule has 2 amide bonds. The number of carbonyl (C=O) groups is 2. The third kappa shape index (κ3) is 4.58. The van der Waals surface area contributed by atoms with Crippen molar-refractivity contribution in [3.05, 3.63) is 0 Å². The van der Waals surface area contributed by atoms with E-state index in [1.165, 1.54) is 38.5 Å². The minimum atomic E-state index is -0.504. The van der Waals surface area contributed by atoms with Crippen LogP contribution in [0.15, 0.2) is 0 Å². The molecule has 8 nitrogen and oxygen atoms in total. The normalized spacial score (nSPS) is 51.1. The monoisotopic (exact) mass is 654 g/mol. The lowest BCUT2D eigenvalue weighted by Crippen LogP contribution is -2.60. The molecule has 13 atom stereocenters. The number of aliphatic hydroxyl groups is 1. The van der Waals surface area contributed by atoms with Crippen molar-refractivity contribution in [2.45, 2.75) is 142 Å². The van der Waals surface area contributed by atoms with Crippen LogP contribution in [-0.4, -0.2) is 91.2 Å². The maximum atomic E-state index is 12.9. The van der Waals surface area contributed by atoms with Crippen LogP contribution in [0, 0.1) is 56.7 Å². The second kappa shape index (κ2) is 10.9. The first-order valence-corrected chi connectivity index (χ1v) is 19.3. The molecule has 47 heavy (non-hydrogen) atoms. The van der Waals surface area contributed by atoms with Crippen molar-refractivity contribution in [2.24, 2.45) is 56.7 Å². The summed E-state index contributed by atoms with van der Waals surface area (Å²) in [6.45, 7) is 14.0. The summed E-state index contributed by atoms with van der Waals surface area (Å²) in [7, 11) is 3.63. The van der Waals surface area contributed by atoms with Crippen LogP contribution in [0.25, 0.3) is 0 Å². The van der Waals surface area contributed by atoms with E-state index in [1.54, 1.807) is 4.90 Å². The average Bonchev–Trinajstić information content (AvgIpc) is 3.94. The van der Waals surface area contributed by atoms with Crippen LogP contribution in [-0.2, 0) is 23.8 Å². The molecule has 2 spiro atoms. The number of fused-ring (bicyclic) bond motifs is 4. The molecule has 0 radical (unpaired) electrons. The summed E-state index contributed by atoms with van der Waals surface area (Å²) in [5, 5.41) is 12.4. The zero-order valence-corrected chi connectivity index (χ0v) is 30.3. The molecule has 0 aromatic carbocycles. The zero-order chi connectivity index (χ0) is 33.3. The predicted octanol–water partition coefficient (Wildman–Crippen LogP) is 5.65. The van der Waals surface area contributed by atoms with E-state index < -0.39 is 6.10 Å². The summed E-state index contributed by atoms with van der Waals surface area (Å²) in [5.41, 5.74) is 0.454. The number of nitrogens with zero attached hydrogens (tertiary/aromatic N) is 2. The van der Waals surface area contributed by atoms with Crippen molar-refractivity contribution in [2.75, 3.05) is 33.8 Å². The van der Waals surface area contributed by atoms with Crippen molar-refractivity contribution in [3.8, 4) is 0 Å². The van der Waals surface area contributed by atoms with Gasteiger partial charge in [0.2, 0.25) is 11.8 Å². The molecule has 6 saturated carbocycles. The van der Waals surface area contributed by atoms with Gasteiger partial charge in [-0.25, -0.2) is 0 Å². The molecule has 8 aliphatic rings. The number of aliphatic hydroxyl groups excluding tert-OH is 1. The van der Waals surface area contributed by atoms with E-state index in [2.05, 4.69) is 34.6 Å². The quantitative estimate of drug-likeness (QED) is 0.399. The standard InChI is InChI=1S/C39H62N2O6/c1-23-18-25(20-29(42)40(6)7)46-33-32(23)36(4)14-15-39-22-38(39)13-12-28(35(2,3)26(38)10-11-27(39)37(36,5)34(33)44)47-31-21-41(16-17-45-31)30(43)19-24-8-9-24/h23-28,31-34,44H,8-22H2,1-7H3/t23-,25?,26+,27?,28?,31+,32+,33?,34+,36?,37-,38?,39?/m1/s1. The molecule has 8 rings (SSSR count). The van der Waals surface area contributed by atoms with Gasteiger partial charge in [-0.05, 0) is 115 Å². The number of hydrogen-bond acceptors (Lipinski definition) is 6. The lowest BCUT2D eigenvalue weighted by Gasteiger charge is -2.64. The number of amides is 2. The second-order valence-electron chi connectivity index (χ2n) is 19.0. The van der Waals surface area contributed by atoms with Crippen LogP contribution >= 0.6 is 0 Å². The molecule has 6 aliphatic carbocycles. The molecule has 0 aromatic rings. The van der Waals surface area contributed by atoms with E-state index in [-0.39, 0.29) is 58.1 Å². The molecule has 0 bridgehead atoms. The van der Waals surface area contributed by atoms with Crippen molar-refractivity contribution < 1.29 is 28.9 Å². The molecule has 0 aromatic heterocycles. The van der Waals surface area contributed by atoms with Gasteiger partial charge in [0, 0.05) is 32.5 Å². The summed E-state index contributed by atoms with van der Waals surface area (Å²) >= 11 is 0. The molecule has 8 heteroatoms. The van der Waals surface area contributed by atoms with Gasteiger partial charge in [0.1, 0.15) is 0 Å². The fraction of sp³-hybridized carbons (Fsp3) is 0.949. The summed E-state index contributed by atoms with van der Waals surface area (Å²) in [6.07, 6.45) is 11.6. The summed E-state index contributed by atoms with van der Waals surface area (Å²) in [6, 6.07) is 0. The Morgan fingerprint density at radius 1 is 0.957 bits per heavy atom. The Labute approximate surface area is 283 Å². The minimum Gasteiger partial charge on any atom is -0.390 e. The number of ether oxygens (including phenoxy) is 3. The first-order chi connectivity index (χ1) is 22.2. The lowest BCUT2D eigenvalue weighted by atomic mass is 9.41. The lowest BCUT2D eigenvalue weighted by molar-refractivity contribution is -0.248. The Hall–Kier alpha value is -1.22. The van der Waals surface area contributed by atoms with Gasteiger partial charge in [-0.1, -0.05) is 34.6 Å². The fourth-order valence-corrected chi connectivity index (χ4v) is 13.9. The van der Waals surface area contributed by atoms with Gasteiger partial charge in [-0.3, -0.25) is 9.59 Å². The topological polar surface area (TPSA) is 88.5 Å². The van der Waals surface area contributed by atoms with Gasteiger partial charge in [0.25, 0.3) is 0 Å². The first-order valence-electron chi connectivity index (χ1n) is 19.3. The van der Waals surface area contributed by atoms with E-state index in [1.807, 2.05) is 19.0 Å². The molecule has 7 unspecified atom stereocenters. The van der Waals surface area contributed by atoms with E-state index in [0.29, 0.717) is 67.5 Å². The predicted molar refractivity (Wildman–Crippen MR) is 178 cm³/mol. The summed E-state index contributed by atoms with van der Waals surface area (Å²) in [5.74, 6) is 2.80. The highest BCUT2D eigenvalue weighted by Gasteiger charge is 2.84. The fourth-order valence-electron chi connectivity index (χ4n) is 13.9.